The van der Waals surface area contributed by atoms with Crippen molar-refractivity contribution in [3.05, 3.63) is 53.3 Å². The third-order valence-corrected chi connectivity index (χ3v) is 4.09. The van der Waals surface area contributed by atoms with E-state index in [1.807, 2.05) is 18.2 Å². The summed E-state index contributed by atoms with van der Waals surface area (Å²) in [5.41, 5.74) is 1.54. The van der Waals surface area contributed by atoms with E-state index in [0.29, 0.717) is 24.6 Å². The molecule has 130 valence electrons. The summed E-state index contributed by atoms with van der Waals surface area (Å²) in [6.07, 6.45) is 0. The number of anilines is 1. The van der Waals surface area contributed by atoms with Gasteiger partial charge in [-0.15, -0.1) is 0 Å². The number of fused-ring (bicyclic) bond motifs is 1. The van der Waals surface area contributed by atoms with Crippen molar-refractivity contribution in [3.63, 3.8) is 0 Å². The van der Waals surface area contributed by atoms with Gasteiger partial charge in [-0.2, -0.15) is 0 Å². The van der Waals surface area contributed by atoms with Crippen LogP contribution in [0.4, 0.5) is 5.69 Å². The van der Waals surface area contributed by atoms with Gasteiger partial charge in [-0.05, 0) is 23.6 Å². The number of nitrogens with zero attached hydrogens (tertiary/aromatic N) is 2. The molecule has 2 aromatic rings. The SMILES string of the molecule is CC(C)(C)c1cccc2c1OCCN2C(=O)c1cccc(C(=O)O)n1. The molecule has 0 bridgehead atoms. The first-order valence-electron chi connectivity index (χ1n) is 8.07. The van der Waals surface area contributed by atoms with Gasteiger partial charge in [0.15, 0.2) is 0 Å². The van der Waals surface area contributed by atoms with E-state index in [4.69, 9.17) is 9.84 Å². The molecular formula is C19H20N2O4. The Morgan fingerprint density at radius 3 is 2.48 bits per heavy atom. The van der Waals surface area contributed by atoms with Crippen molar-refractivity contribution in [2.75, 3.05) is 18.1 Å². The number of carbonyl (C=O) groups excluding carboxylic acids is 1. The van der Waals surface area contributed by atoms with Crippen molar-refractivity contribution < 1.29 is 19.4 Å². The first-order valence-corrected chi connectivity index (χ1v) is 8.07. The molecule has 0 fully saturated rings. The zero-order valence-corrected chi connectivity index (χ0v) is 14.4. The molecule has 1 amide bonds. The lowest BCUT2D eigenvalue weighted by Crippen LogP contribution is -2.39. The van der Waals surface area contributed by atoms with Crippen molar-refractivity contribution in [1.29, 1.82) is 0 Å². The van der Waals surface area contributed by atoms with E-state index in [0.717, 1.165) is 5.56 Å². The second-order valence-electron chi connectivity index (χ2n) is 6.92. The Morgan fingerprint density at radius 2 is 1.80 bits per heavy atom. The number of hydrogen-bond acceptors (Lipinski definition) is 4. The van der Waals surface area contributed by atoms with E-state index in [-0.39, 0.29) is 22.7 Å². The minimum absolute atomic E-state index is 0.105. The molecule has 25 heavy (non-hydrogen) atoms. The quantitative estimate of drug-likeness (QED) is 0.908. The molecule has 3 rings (SSSR count). The van der Waals surface area contributed by atoms with Crippen LogP contribution >= 0.6 is 0 Å². The minimum Gasteiger partial charge on any atom is -0.489 e. The van der Waals surface area contributed by atoms with Crippen molar-refractivity contribution in [3.8, 4) is 5.75 Å². The molecule has 0 unspecified atom stereocenters. The minimum atomic E-state index is -1.16. The van der Waals surface area contributed by atoms with Gasteiger partial charge >= 0.3 is 5.97 Å². The smallest absolute Gasteiger partial charge is 0.354 e. The monoisotopic (exact) mass is 340 g/mol. The average molecular weight is 340 g/mol. The van der Waals surface area contributed by atoms with E-state index in [9.17, 15) is 9.59 Å². The third kappa shape index (κ3) is 3.20. The Morgan fingerprint density at radius 1 is 1.12 bits per heavy atom. The van der Waals surface area contributed by atoms with Gasteiger partial charge in [-0.3, -0.25) is 4.79 Å². The number of amides is 1. The normalized spacial score (nSPS) is 13.8. The molecule has 0 saturated heterocycles. The summed E-state index contributed by atoms with van der Waals surface area (Å²) >= 11 is 0. The second kappa shape index (κ2) is 6.20. The Labute approximate surface area is 146 Å². The third-order valence-electron chi connectivity index (χ3n) is 4.09. The highest BCUT2D eigenvalue weighted by Gasteiger charge is 2.30. The molecule has 1 aliphatic heterocycles. The van der Waals surface area contributed by atoms with Crippen molar-refractivity contribution in [1.82, 2.24) is 4.98 Å². The Balaban J connectivity index is 2.03. The summed E-state index contributed by atoms with van der Waals surface area (Å²) in [6, 6.07) is 10.1. The van der Waals surface area contributed by atoms with Gasteiger partial charge in [-0.1, -0.05) is 39.0 Å². The van der Waals surface area contributed by atoms with Gasteiger partial charge in [0.25, 0.3) is 5.91 Å². The van der Waals surface area contributed by atoms with E-state index in [1.54, 1.807) is 4.90 Å². The molecular weight excluding hydrogens is 320 g/mol. The van der Waals surface area contributed by atoms with Crippen LogP contribution in [0.15, 0.2) is 36.4 Å². The molecule has 0 spiro atoms. The summed E-state index contributed by atoms with van der Waals surface area (Å²) in [5.74, 6) is -0.797. The van der Waals surface area contributed by atoms with Crippen LogP contribution in [0.5, 0.6) is 5.75 Å². The second-order valence-corrected chi connectivity index (χ2v) is 6.92. The lowest BCUT2D eigenvalue weighted by atomic mass is 9.85. The van der Waals surface area contributed by atoms with Crippen LogP contribution in [-0.2, 0) is 5.41 Å². The maximum atomic E-state index is 12.9. The molecule has 1 N–H and O–H groups in total. The predicted molar refractivity (Wildman–Crippen MR) is 93.5 cm³/mol. The molecule has 0 aliphatic carbocycles. The molecule has 0 radical (unpaired) electrons. The zero-order chi connectivity index (χ0) is 18.2. The fraction of sp³-hybridized carbons (Fsp3) is 0.316. The Hall–Kier alpha value is -2.89. The molecule has 0 atom stereocenters. The van der Waals surface area contributed by atoms with Crippen LogP contribution in [0.3, 0.4) is 0 Å². The molecule has 2 heterocycles. The summed E-state index contributed by atoms with van der Waals surface area (Å²) in [7, 11) is 0. The Kier molecular flexibility index (Phi) is 4.20. The van der Waals surface area contributed by atoms with Gasteiger partial charge in [0.2, 0.25) is 0 Å². The fourth-order valence-corrected chi connectivity index (χ4v) is 2.86. The fourth-order valence-electron chi connectivity index (χ4n) is 2.86. The standard InChI is InChI=1S/C19H20N2O4/c1-19(2,3)12-6-4-9-15-16(12)25-11-10-21(15)17(22)13-7-5-8-14(20-13)18(23)24/h4-9H,10-11H2,1-3H3,(H,23,24). The van der Waals surface area contributed by atoms with Gasteiger partial charge < -0.3 is 14.7 Å². The average Bonchev–Trinajstić information content (AvgIpc) is 2.59. The highest BCUT2D eigenvalue weighted by molar-refractivity contribution is 6.06. The number of hydrogen-bond donors (Lipinski definition) is 1. The molecule has 6 heteroatoms. The predicted octanol–water partition coefficient (Wildman–Crippen LogP) is 3.12. The van der Waals surface area contributed by atoms with E-state index in [1.165, 1.54) is 18.2 Å². The number of carboxylic acid groups (broad SMARTS) is 1. The number of pyridine rings is 1. The molecule has 1 aromatic heterocycles. The lowest BCUT2D eigenvalue weighted by molar-refractivity contribution is 0.0690. The lowest BCUT2D eigenvalue weighted by Gasteiger charge is -2.33. The first kappa shape index (κ1) is 17.0. The Bertz CT molecular complexity index is 840. The van der Waals surface area contributed by atoms with E-state index >= 15 is 0 Å². The van der Waals surface area contributed by atoms with Crippen molar-refractivity contribution >= 4 is 17.6 Å². The summed E-state index contributed by atoms with van der Waals surface area (Å²) in [4.78, 5) is 29.6. The van der Waals surface area contributed by atoms with Crippen molar-refractivity contribution in [2.24, 2.45) is 0 Å². The highest BCUT2D eigenvalue weighted by Crippen LogP contribution is 2.41. The number of benzene rings is 1. The number of carboxylic acids is 1. The summed E-state index contributed by atoms with van der Waals surface area (Å²) < 4.78 is 5.85. The zero-order valence-electron chi connectivity index (χ0n) is 14.4. The topological polar surface area (TPSA) is 79.7 Å². The van der Waals surface area contributed by atoms with Crippen LogP contribution < -0.4 is 9.64 Å². The van der Waals surface area contributed by atoms with Gasteiger partial charge in [0, 0.05) is 5.56 Å². The summed E-state index contributed by atoms with van der Waals surface area (Å²) in [6.45, 7) is 7.03. The maximum absolute atomic E-state index is 12.9. The number of para-hydroxylation sites is 1. The number of rotatable bonds is 2. The first-order chi connectivity index (χ1) is 11.8. The highest BCUT2D eigenvalue weighted by atomic mass is 16.5. The van der Waals surface area contributed by atoms with Crippen LogP contribution in [0.25, 0.3) is 0 Å². The summed E-state index contributed by atoms with van der Waals surface area (Å²) in [5, 5.41) is 9.08. The van der Waals surface area contributed by atoms with Crippen LogP contribution in [0, 0.1) is 0 Å². The number of carbonyl (C=O) groups is 2. The van der Waals surface area contributed by atoms with Gasteiger partial charge in [0.05, 0.1) is 12.2 Å². The van der Waals surface area contributed by atoms with Crippen LogP contribution in [-0.4, -0.2) is 35.1 Å². The van der Waals surface area contributed by atoms with Crippen LogP contribution in [0.1, 0.15) is 47.3 Å². The number of ether oxygens (including phenoxy) is 1. The molecule has 1 aliphatic rings. The van der Waals surface area contributed by atoms with Crippen molar-refractivity contribution in [2.45, 2.75) is 26.2 Å². The molecule has 6 nitrogen and oxygen atoms in total. The molecule has 0 saturated carbocycles. The van der Waals surface area contributed by atoms with Gasteiger partial charge in [0.1, 0.15) is 23.7 Å². The largest absolute Gasteiger partial charge is 0.489 e. The number of aromatic nitrogens is 1. The maximum Gasteiger partial charge on any atom is 0.354 e. The van der Waals surface area contributed by atoms with Gasteiger partial charge in [-0.25, -0.2) is 9.78 Å². The van der Waals surface area contributed by atoms with E-state index in [2.05, 4.69) is 25.8 Å². The van der Waals surface area contributed by atoms with E-state index < -0.39 is 5.97 Å². The number of aromatic carboxylic acids is 1. The van der Waals surface area contributed by atoms with Crippen LogP contribution in [0.2, 0.25) is 0 Å². The molecule has 1 aromatic carbocycles.